The third kappa shape index (κ3) is 4.71. The summed E-state index contributed by atoms with van der Waals surface area (Å²) < 4.78 is 32.2. The van der Waals surface area contributed by atoms with E-state index < -0.39 is 10.0 Å². The van der Waals surface area contributed by atoms with Crippen molar-refractivity contribution in [2.75, 3.05) is 39.4 Å². The monoisotopic (exact) mass is 434 g/mol. The normalized spacial score (nSPS) is 19.4. The Balaban J connectivity index is 1.36. The van der Waals surface area contributed by atoms with E-state index in [0.717, 1.165) is 32.4 Å². The fourth-order valence-corrected chi connectivity index (χ4v) is 6.58. The first kappa shape index (κ1) is 20.5. The summed E-state index contributed by atoms with van der Waals surface area (Å²) in [5, 5.41) is 1.58. The molecule has 1 aromatic heterocycles. The fourth-order valence-electron chi connectivity index (χ4n) is 3.95. The number of benzene rings is 1. The third-order valence-corrected chi connectivity index (χ3v) is 8.61. The molecule has 2 fully saturated rings. The number of morpholine rings is 1. The zero-order chi connectivity index (χ0) is 20.3. The summed E-state index contributed by atoms with van der Waals surface area (Å²) >= 11 is 1.22. The van der Waals surface area contributed by atoms with Crippen LogP contribution < -0.4 is 0 Å². The van der Waals surface area contributed by atoms with E-state index in [1.54, 1.807) is 5.38 Å². The van der Waals surface area contributed by atoms with E-state index in [-0.39, 0.29) is 10.8 Å². The van der Waals surface area contributed by atoms with Crippen molar-refractivity contribution in [3.05, 3.63) is 52.2 Å². The number of sulfonamides is 1. The van der Waals surface area contributed by atoms with E-state index in [9.17, 15) is 13.2 Å². The Hall–Kier alpha value is -1.74. The molecule has 6 nitrogen and oxygen atoms in total. The van der Waals surface area contributed by atoms with Crippen molar-refractivity contribution in [3.8, 4) is 0 Å². The van der Waals surface area contributed by atoms with Gasteiger partial charge in [0.2, 0.25) is 10.0 Å². The van der Waals surface area contributed by atoms with Gasteiger partial charge in [0.05, 0.1) is 23.0 Å². The van der Waals surface area contributed by atoms with Crippen LogP contribution in [0.25, 0.3) is 0 Å². The number of likely N-dealkylation sites (tertiary alicyclic amines) is 1. The molecular weight excluding hydrogens is 408 g/mol. The van der Waals surface area contributed by atoms with E-state index in [4.69, 9.17) is 4.74 Å². The van der Waals surface area contributed by atoms with Gasteiger partial charge in [0.1, 0.15) is 0 Å². The number of rotatable bonds is 5. The van der Waals surface area contributed by atoms with Crippen LogP contribution in [0.2, 0.25) is 0 Å². The highest BCUT2D eigenvalue weighted by Gasteiger charge is 2.30. The zero-order valence-corrected chi connectivity index (χ0v) is 18.0. The molecule has 2 aromatic rings. The Labute approximate surface area is 176 Å². The van der Waals surface area contributed by atoms with E-state index >= 15 is 0 Å². The summed E-state index contributed by atoms with van der Waals surface area (Å²) in [6, 6.07) is 12.0. The first-order valence-corrected chi connectivity index (χ1v) is 12.4. The van der Waals surface area contributed by atoms with Gasteiger partial charge in [0.25, 0.3) is 5.91 Å². The van der Waals surface area contributed by atoms with Crippen molar-refractivity contribution >= 4 is 27.3 Å². The summed E-state index contributed by atoms with van der Waals surface area (Å²) in [5.74, 6) is 0.527. The summed E-state index contributed by atoms with van der Waals surface area (Å²) in [4.78, 5) is 15.5. The van der Waals surface area contributed by atoms with Gasteiger partial charge in [-0.05, 0) is 36.8 Å². The molecule has 0 spiro atoms. The fraction of sp³-hybridized carbons (Fsp3) is 0.476. The van der Waals surface area contributed by atoms with Crippen LogP contribution >= 0.6 is 11.3 Å². The summed E-state index contributed by atoms with van der Waals surface area (Å²) in [5.41, 5.74) is 1.34. The van der Waals surface area contributed by atoms with Crippen LogP contribution in [0.5, 0.6) is 0 Å². The molecule has 0 bridgehead atoms. The first-order chi connectivity index (χ1) is 14.0. The maximum absolute atomic E-state index is 12.9. The van der Waals surface area contributed by atoms with Gasteiger partial charge in [0, 0.05) is 31.6 Å². The van der Waals surface area contributed by atoms with Gasteiger partial charge in [-0.15, -0.1) is 11.3 Å². The van der Waals surface area contributed by atoms with Gasteiger partial charge in [-0.2, -0.15) is 4.31 Å². The predicted molar refractivity (Wildman–Crippen MR) is 113 cm³/mol. The second-order valence-corrected chi connectivity index (χ2v) is 10.4. The number of hydrogen-bond acceptors (Lipinski definition) is 5. The lowest BCUT2D eigenvalue weighted by Crippen LogP contribution is -2.40. The van der Waals surface area contributed by atoms with Crippen molar-refractivity contribution in [1.29, 1.82) is 0 Å². The lowest BCUT2D eigenvalue weighted by molar-refractivity contribution is 0.0695. The molecule has 0 aliphatic carbocycles. The Kier molecular flexibility index (Phi) is 6.34. The molecule has 2 aliphatic heterocycles. The largest absolute Gasteiger partial charge is 0.379 e. The van der Waals surface area contributed by atoms with E-state index in [0.29, 0.717) is 37.1 Å². The Morgan fingerprint density at radius 2 is 1.76 bits per heavy atom. The smallest absolute Gasteiger partial charge is 0.263 e. The number of nitrogens with zero attached hydrogens (tertiary/aromatic N) is 2. The molecule has 1 amide bonds. The Bertz CT molecular complexity index is 929. The average Bonchev–Trinajstić information content (AvgIpc) is 3.26. The van der Waals surface area contributed by atoms with E-state index in [1.807, 2.05) is 11.0 Å². The number of piperidine rings is 1. The van der Waals surface area contributed by atoms with E-state index in [1.165, 1.54) is 27.3 Å². The van der Waals surface area contributed by atoms with Crippen molar-refractivity contribution in [2.24, 2.45) is 5.92 Å². The number of carbonyl (C=O) groups excluding carboxylic acids is 1. The molecule has 0 unspecified atom stereocenters. The van der Waals surface area contributed by atoms with Crippen LogP contribution in [0.3, 0.4) is 0 Å². The maximum Gasteiger partial charge on any atom is 0.263 e. The minimum Gasteiger partial charge on any atom is -0.379 e. The standard InChI is InChI=1S/C21H26N2O4S2/c24-21(22-8-6-18(7-9-22)14-17-4-2-1-3-5-17)20-15-19(16-28-20)29(25,26)23-10-12-27-13-11-23/h1-5,15-16,18H,6-14H2. The number of ether oxygens (including phenoxy) is 1. The number of carbonyl (C=O) groups is 1. The zero-order valence-electron chi connectivity index (χ0n) is 16.3. The molecule has 29 heavy (non-hydrogen) atoms. The van der Waals surface area contributed by atoms with Gasteiger partial charge in [-0.25, -0.2) is 8.42 Å². The Morgan fingerprint density at radius 1 is 1.07 bits per heavy atom. The van der Waals surface area contributed by atoms with Crippen LogP contribution in [-0.4, -0.2) is 62.9 Å². The summed E-state index contributed by atoms with van der Waals surface area (Å²) in [7, 11) is -3.56. The number of thiophene rings is 1. The highest BCUT2D eigenvalue weighted by atomic mass is 32.2. The van der Waals surface area contributed by atoms with Gasteiger partial charge < -0.3 is 9.64 Å². The molecule has 3 heterocycles. The third-order valence-electron chi connectivity index (χ3n) is 5.66. The van der Waals surface area contributed by atoms with Crippen molar-refractivity contribution in [3.63, 3.8) is 0 Å². The molecular formula is C21H26N2O4S2. The molecule has 0 saturated carbocycles. The summed E-state index contributed by atoms with van der Waals surface area (Å²) in [6.45, 7) is 2.98. The molecule has 2 saturated heterocycles. The highest BCUT2D eigenvalue weighted by molar-refractivity contribution is 7.89. The van der Waals surface area contributed by atoms with E-state index in [2.05, 4.69) is 24.3 Å². The lowest BCUT2D eigenvalue weighted by Gasteiger charge is -2.31. The molecule has 156 valence electrons. The predicted octanol–water partition coefficient (Wildman–Crippen LogP) is 2.86. The van der Waals surface area contributed by atoms with Crippen LogP contribution in [0.15, 0.2) is 46.7 Å². The SMILES string of the molecule is O=C(c1cc(S(=O)(=O)N2CCOCC2)cs1)N1CCC(Cc2ccccc2)CC1. The second kappa shape index (κ2) is 8.95. The van der Waals surface area contributed by atoms with Crippen molar-refractivity contribution in [1.82, 2.24) is 9.21 Å². The first-order valence-electron chi connectivity index (χ1n) is 10.0. The Morgan fingerprint density at radius 3 is 2.45 bits per heavy atom. The highest BCUT2D eigenvalue weighted by Crippen LogP contribution is 2.27. The van der Waals surface area contributed by atoms with Gasteiger partial charge in [-0.3, -0.25) is 4.79 Å². The topological polar surface area (TPSA) is 66.9 Å². The van der Waals surface area contributed by atoms with Gasteiger partial charge in [-0.1, -0.05) is 30.3 Å². The lowest BCUT2D eigenvalue weighted by atomic mass is 9.90. The summed E-state index contributed by atoms with van der Waals surface area (Å²) in [6.07, 6.45) is 3.00. The second-order valence-electron chi connectivity index (χ2n) is 7.59. The van der Waals surface area contributed by atoms with Crippen LogP contribution in [-0.2, 0) is 21.2 Å². The van der Waals surface area contributed by atoms with Crippen LogP contribution in [0, 0.1) is 5.92 Å². The average molecular weight is 435 g/mol. The van der Waals surface area contributed by atoms with Crippen LogP contribution in [0.1, 0.15) is 28.1 Å². The minimum atomic E-state index is -3.56. The van der Waals surface area contributed by atoms with Crippen molar-refractivity contribution < 1.29 is 17.9 Å². The molecule has 0 radical (unpaired) electrons. The van der Waals surface area contributed by atoms with Crippen molar-refractivity contribution in [2.45, 2.75) is 24.2 Å². The minimum absolute atomic E-state index is 0.0587. The van der Waals surface area contributed by atoms with Crippen LogP contribution in [0.4, 0.5) is 0 Å². The van der Waals surface area contributed by atoms with Gasteiger partial charge in [0.15, 0.2) is 0 Å². The molecule has 0 N–H and O–H groups in total. The molecule has 8 heteroatoms. The molecule has 4 rings (SSSR count). The molecule has 0 atom stereocenters. The quantitative estimate of drug-likeness (QED) is 0.726. The number of hydrogen-bond donors (Lipinski definition) is 0. The molecule has 1 aromatic carbocycles. The molecule has 2 aliphatic rings. The number of amides is 1. The maximum atomic E-state index is 12.9. The van der Waals surface area contributed by atoms with Gasteiger partial charge >= 0.3 is 0 Å².